The molecule has 1 unspecified atom stereocenters. The van der Waals surface area contributed by atoms with E-state index in [2.05, 4.69) is 25.3 Å². The summed E-state index contributed by atoms with van der Waals surface area (Å²) in [4.78, 5) is 9.90. The molecule has 0 rings (SSSR count). The largest absolute Gasteiger partial charge is 1.00 e. The molecule has 54 valence electrons. The summed E-state index contributed by atoms with van der Waals surface area (Å²) in [5, 5.41) is 9.80. The van der Waals surface area contributed by atoms with Crippen molar-refractivity contribution < 1.29 is 39.5 Å². The van der Waals surface area contributed by atoms with Crippen molar-refractivity contribution in [3.63, 3.8) is 0 Å². The summed E-state index contributed by atoms with van der Waals surface area (Å²) in [5.74, 6) is -0.377. The van der Waals surface area contributed by atoms with Gasteiger partial charge in [-0.05, 0) is 18.6 Å². The molecule has 2 nitrogen and oxygen atoms in total. The van der Waals surface area contributed by atoms with Crippen molar-refractivity contribution in [3.05, 3.63) is 0 Å². The predicted molar refractivity (Wildman–Crippen MR) is 40.9 cm³/mol. The van der Waals surface area contributed by atoms with Crippen LogP contribution in [-0.4, -0.2) is 17.0 Å². The van der Waals surface area contributed by atoms with Gasteiger partial charge in [0, 0.05) is 11.2 Å². The molecule has 0 aliphatic rings. The number of carboxylic acid groups (broad SMARTS) is 1. The first-order chi connectivity index (χ1) is 4.16. The Hall–Kier alpha value is 1.17. The van der Waals surface area contributed by atoms with E-state index in [1.54, 1.807) is 0 Å². The van der Waals surface area contributed by atoms with Gasteiger partial charge in [0.05, 0.1) is 0 Å². The molecule has 0 bridgehead atoms. The van der Waals surface area contributed by atoms with Crippen LogP contribution in [0.3, 0.4) is 0 Å². The minimum absolute atomic E-state index is 0. The van der Waals surface area contributed by atoms with Gasteiger partial charge in [-0.25, -0.2) is 0 Å². The molecule has 0 aromatic rings. The average Bonchev–Trinajstić information content (AvgIpc) is 1.63. The van der Waals surface area contributed by atoms with Crippen LogP contribution in [0, 0.1) is 0 Å². The van der Waals surface area contributed by atoms with Gasteiger partial charge in [0.25, 0.3) is 0 Å². The number of rotatable bonds is 4. The fraction of sp³-hybridized carbons (Fsp3) is 0.800. The number of carbonyl (C=O) groups excluding carboxylic acids is 1. The molecular weight excluding hydrogens is 179 g/mol. The van der Waals surface area contributed by atoms with Crippen molar-refractivity contribution >= 4 is 31.2 Å². The van der Waals surface area contributed by atoms with Gasteiger partial charge < -0.3 is 9.90 Å². The average molecular weight is 188 g/mol. The Morgan fingerprint density at radius 3 is 2.40 bits per heavy atom. The van der Waals surface area contributed by atoms with Gasteiger partial charge in [-0.1, -0.05) is 0 Å². The zero-order chi connectivity index (χ0) is 7.28. The maximum Gasteiger partial charge on any atom is 1.00 e. The normalized spacial score (nSPS) is 11.8. The smallest absolute Gasteiger partial charge is 0.550 e. The summed E-state index contributed by atoms with van der Waals surface area (Å²) in [7, 11) is 0. The van der Waals surface area contributed by atoms with Crippen molar-refractivity contribution in [2.75, 3.05) is 5.75 Å². The van der Waals surface area contributed by atoms with Crippen LogP contribution >= 0.6 is 25.3 Å². The van der Waals surface area contributed by atoms with E-state index >= 15 is 0 Å². The number of carbonyl (C=O) groups is 1. The Balaban J connectivity index is 0. The fourth-order valence-electron chi connectivity index (χ4n) is 0.443. The molecule has 0 saturated carbocycles. The van der Waals surface area contributed by atoms with Crippen LogP contribution in [0.1, 0.15) is 12.8 Å². The molecular formula is C5H9NaO2S2. The zero-order valence-electron chi connectivity index (χ0n) is 5.91. The van der Waals surface area contributed by atoms with Crippen LogP contribution in [0.15, 0.2) is 0 Å². The van der Waals surface area contributed by atoms with Gasteiger partial charge in [0.15, 0.2) is 0 Å². The van der Waals surface area contributed by atoms with Crippen LogP contribution in [0.2, 0.25) is 0 Å². The van der Waals surface area contributed by atoms with Crippen LogP contribution < -0.4 is 34.7 Å². The first-order valence-corrected chi connectivity index (χ1v) is 3.80. The second-order valence-electron chi connectivity index (χ2n) is 1.74. The van der Waals surface area contributed by atoms with E-state index in [-0.39, 0.29) is 41.2 Å². The quantitative estimate of drug-likeness (QED) is 0.359. The third kappa shape index (κ3) is 9.17. The van der Waals surface area contributed by atoms with Gasteiger partial charge >= 0.3 is 29.6 Å². The molecule has 0 spiro atoms. The van der Waals surface area contributed by atoms with Crippen LogP contribution in [0.4, 0.5) is 0 Å². The minimum atomic E-state index is -1.04. The first kappa shape index (κ1) is 13.7. The standard InChI is InChI=1S/C5H10O2S2.Na/c6-5(7)3-4(9)1-2-8;/h4,8-9H,1-3H2,(H,6,7);/q;+1/p-1. The molecule has 0 aromatic carbocycles. The second-order valence-corrected chi connectivity index (χ2v) is 2.92. The molecule has 0 aromatic heterocycles. The molecule has 0 heterocycles. The summed E-state index contributed by atoms with van der Waals surface area (Å²) in [6, 6.07) is 0. The molecule has 0 radical (unpaired) electrons. The van der Waals surface area contributed by atoms with Crippen LogP contribution in [0.5, 0.6) is 0 Å². The van der Waals surface area contributed by atoms with Crippen molar-refractivity contribution in [1.29, 1.82) is 0 Å². The SMILES string of the molecule is O=C([O-])CC(S)CCS.[Na+]. The maximum atomic E-state index is 9.90. The molecule has 0 aliphatic carbocycles. The molecule has 1 atom stereocenters. The van der Waals surface area contributed by atoms with Gasteiger partial charge in [0.1, 0.15) is 0 Å². The Bertz CT molecular complexity index is 99.6. The summed E-state index contributed by atoms with van der Waals surface area (Å²) in [5.41, 5.74) is 0. The van der Waals surface area contributed by atoms with Crippen molar-refractivity contribution in [3.8, 4) is 0 Å². The Kier molecular flexibility index (Phi) is 11.4. The van der Waals surface area contributed by atoms with Gasteiger partial charge in [0.2, 0.25) is 0 Å². The van der Waals surface area contributed by atoms with E-state index in [0.29, 0.717) is 12.2 Å². The molecule has 0 fully saturated rings. The number of hydrogen-bond acceptors (Lipinski definition) is 4. The van der Waals surface area contributed by atoms with E-state index < -0.39 is 5.97 Å². The van der Waals surface area contributed by atoms with E-state index in [4.69, 9.17) is 0 Å². The number of hydrogen-bond donors (Lipinski definition) is 2. The predicted octanol–water partition coefficient (Wildman–Crippen LogP) is -3.25. The van der Waals surface area contributed by atoms with Gasteiger partial charge in [-0.2, -0.15) is 25.3 Å². The van der Waals surface area contributed by atoms with Crippen LogP contribution in [0.25, 0.3) is 0 Å². The van der Waals surface area contributed by atoms with Crippen molar-refractivity contribution in [2.45, 2.75) is 18.1 Å². The summed E-state index contributed by atoms with van der Waals surface area (Å²) >= 11 is 7.90. The third-order valence-electron chi connectivity index (χ3n) is 0.865. The minimum Gasteiger partial charge on any atom is -0.550 e. The third-order valence-corrected chi connectivity index (χ3v) is 1.56. The Labute approximate surface area is 93.9 Å². The number of aliphatic carboxylic acids is 1. The topological polar surface area (TPSA) is 40.1 Å². The molecule has 10 heavy (non-hydrogen) atoms. The molecule has 0 aliphatic heterocycles. The van der Waals surface area contributed by atoms with Crippen molar-refractivity contribution in [1.82, 2.24) is 0 Å². The Morgan fingerprint density at radius 2 is 2.10 bits per heavy atom. The van der Waals surface area contributed by atoms with E-state index in [0.717, 1.165) is 0 Å². The number of carboxylic acids is 1. The van der Waals surface area contributed by atoms with Gasteiger partial charge in [-0.3, -0.25) is 0 Å². The molecule has 0 N–H and O–H groups in total. The van der Waals surface area contributed by atoms with Gasteiger partial charge in [-0.15, -0.1) is 0 Å². The Morgan fingerprint density at radius 1 is 1.60 bits per heavy atom. The zero-order valence-corrected chi connectivity index (χ0v) is 9.70. The monoisotopic (exact) mass is 188 g/mol. The first-order valence-electron chi connectivity index (χ1n) is 2.65. The van der Waals surface area contributed by atoms with Crippen LogP contribution in [-0.2, 0) is 4.79 Å². The molecule has 0 saturated heterocycles. The van der Waals surface area contributed by atoms with E-state index in [1.165, 1.54) is 0 Å². The second kappa shape index (κ2) is 8.27. The molecule has 0 amide bonds. The number of thiol groups is 2. The molecule has 5 heteroatoms. The maximum absolute atomic E-state index is 9.90. The van der Waals surface area contributed by atoms with Crippen molar-refractivity contribution in [2.24, 2.45) is 0 Å². The summed E-state index contributed by atoms with van der Waals surface area (Å²) in [6.45, 7) is 0. The van der Waals surface area contributed by atoms with E-state index in [1.807, 2.05) is 0 Å². The summed E-state index contributed by atoms with van der Waals surface area (Å²) in [6.07, 6.45) is 0.726. The van der Waals surface area contributed by atoms with E-state index in [9.17, 15) is 9.90 Å². The summed E-state index contributed by atoms with van der Waals surface area (Å²) < 4.78 is 0. The fourth-order valence-corrected chi connectivity index (χ4v) is 1.24.